The number of quaternary nitrogens is 1. The first-order valence-electron chi connectivity index (χ1n) is 12.6. The summed E-state index contributed by atoms with van der Waals surface area (Å²) in [6.45, 7) is 4.31. The Bertz CT molecular complexity index is 1460. The minimum absolute atomic E-state index is 0.0457. The second-order valence-corrected chi connectivity index (χ2v) is 10.4. The Hall–Kier alpha value is -3.76. The monoisotopic (exact) mass is 521 g/mol. The molecule has 4 heterocycles. The average Bonchev–Trinajstić information content (AvgIpc) is 3.31. The number of amides is 1. The normalized spacial score (nSPS) is 21.0. The number of fused-ring (bicyclic) bond motifs is 3. The topological polar surface area (TPSA) is 83.0 Å². The van der Waals surface area contributed by atoms with E-state index in [2.05, 4.69) is 9.97 Å². The van der Waals surface area contributed by atoms with E-state index in [1.165, 1.54) is 13.4 Å². The Morgan fingerprint density at radius 2 is 2.03 bits per heavy atom. The Balaban J connectivity index is 1.21. The summed E-state index contributed by atoms with van der Waals surface area (Å²) in [7, 11) is 5.56. The van der Waals surface area contributed by atoms with E-state index in [-0.39, 0.29) is 36.7 Å². The van der Waals surface area contributed by atoms with Gasteiger partial charge in [-0.2, -0.15) is 0 Å². The lowest BCUT2D eigenvalue weighted by Gasteiger charge is -2.28. The molecule has 2 aromatic carbocycles. The van der Waals surface area contributed by atoms with Crippen LogP contribution in [0.1, 0.15) is 18.9 Å². The molecule has 3 aliphatic heterocycles. The molecule has 2 fully saturated rings. The number of halogens is 1. The van der Waals surface area contributed by atoms with Crippen LogP contribution in [0, 0.1) is 11.7 Å². The first-order valence-corrected chi connectivity index (χ1v) is 12.6. The number of benzene rings is 2. The van der Waals surface area contributed by atoms with Crippen LogP contribution >= 0.6 is 0 Å². The van der Waals surface area contributed by atoms with Gasteiger partial charge in [0.15, 0.2) is 23.1 Å². The SMILES string of the molecule is COc1cc2c(Oc3ccc4c(c3F)C=C(C)[N+]4(C)C)ncnc2cc1OCCC(=O)N1CC2COC2C1. The summed E-state index contributed by atoms with van der Waals surface area (Å²) in [4.78, 5) is 23.0. The van der Waals surface area contributed by atoms with E-state index in [0.29, 0.717) is 44.9 Å². The summed E-state index contributed by atoms with van der Waals surface area (Å²) in [6.07, 6.45) is 3.64. The predicted octanol–water partition coefficient (Wildman–Crippen LogP) is 4.14. The highest BCUT2D eigenvalue weighted by molar-refractivity contribution is 5.87. The molecule has 1 amide bonds. The van der Waals surface area contributed by atoms with Crippen LogP contribution in [-0.2, 0) is 9.53 Å². The molecule has 0 saturated carbocycles. The van der Waals surface area contributed by atoms with Gasteiger partial charge >= 0.3 is 0 Å². The van der Waals surface area contributed by atoms with Crippen molar-refractivity contribution < 1.29 is 28.1 Å². The Kier molecular flexibility index (Phi) is 5.96. The fourth-order valence-electron chi connectivity index (χ4n) is 5.25. The Labute approximate surface area is 220 Å². The maximum Gasteiger partial charge on any atom is 0.230 e. The van der Waals surface area contributed by atoms with Crippen molar-refractivity contribution in [1.29, 1.82) is 0 Å². The molecule has 6 rings (SSSR count). The van der Waals surface area contributed by atoms with Crippen LogP contribution in [0.5, 0.6) is 23.1 Å². The highest BCUT2D eigenvalue weighted by Crippen LogP contribution is 2.43. The molecule has 198 valence electrons. The number of aromatic nitrogens is 2. The van der Waals surface area contributed by atoms with E-state index in [1.54, 1.807) is 18.2 Å². The van der Waals surface area contributed by atoms with Gasteiger partial charge in [0.2, 0.25) is 11.8 Å². The Morgan fingerprint density at radius 1 is 1.18 bits per heavy atom. The Morgan fingerprint density at radius 3 is 2.74 bits per heavy atom. The maximum atomic E-state index is 15.4. The summed E-state index contributed by atoms with van der Waals surface area (Å²) in [6, 6.07) is 6.91. The molecule has 0 spiro atoms. The van der Waals surface area contributed by atoms with Crippen LogP contribution in [0.4, 0.5) is 10.1 Å². The van der Waals surface area contributed by atoms with Crippen LogP contribution in [0.2, 0.25) is 0 Å². The number of nitrogens with zero attached hydrogens (tertiary/aromatic N) is 4. The van der Waals surface area contributed by atoms with Gasteiger partial charge in [0.1, 0.15) is 17.7 Å². The van der Waals surface area contributed by atoms with Crippen molar-refractivity contribution in [2.24, 2.45) is 5.92 Å². The number of methoxy groups -OCH3 is 1. The highest BCUT2D eigenvalue weighted by atomic mass is 19.1. The summed E-state index contributed by atoms with van der Waals surface area (Å²) < 4.78 is 38.8. The fourth-order valence-corrected chi connectivity index (χ4v) is 5.25. The lowest BCUT2D eigenvalue weighted by Crippen LogP contribution is -2.37. The molecule has 9 nitrogen and oxygen atoms in total. The van der Waals surface area contributed by atoms with Gasteiger partial charge in [-0.3, -0.25) is 9.28 Å². The predicted molar refractivity (Wildman–Crippen MR) is 140 cm³/mol. The molecule has 0 bridgehead atoms. The molecule has 3 aromatic rings. The molecule has 3 aliphatic rings. The molecule has 2 unspecified atom stereocenters. The van der Waals surface area contributed by atoms with E-state index in [4.69, 9.17) is 18.9 Å². The summed E-state index contributed by atoms with van der Waals surface area (Å²) >= 11 is 0. The van der Waals surface area contributed by atoms with Crippen molar-refractivity contribution in [3.63, 3.8) is 0 Å². The lowest BCUT2D eigenvalue weighted by atomic mass is 10.0. The third-order valence-corrected chi connectivity index (χ3v) is 7.88. The lowest BCUT2D eigenvalue weighted by molar-refractivity contribution is -0.131. The second kappa shape index (κ2) is 9.21. The van der Waals surface area contributed by atoms with Crippen molar-refractivity contribution in [2.75, 3.05) is 47.5 Å². The van der Waals surface area contributed by atoms with Gasteiger partial charge in [0, 0.05) is 44.1 Å². The maximum absolute atomic E-state index is 15.4. The molecule has 1 aromatic heterocycles. The molecular formula is C28H30FN4O5+. The average molecular weight is 522 g/mol. The van der Waals surface area contributed by atoms with Crippen molar-refractivity contribution in [1.82, 2.24) is 19.4 Å². The first kappa shape index (κ1) is 24.6. The number of allylic oxidation sites excluding steroid dienone is 1. The quantitative estimate of drug-likeness (QED) is 0.432. The van der Waals surface area contributed by atoms with Crippen LogP contribution in [0.3, 0.4) is 0 Å². The van der Waals surface area contributed by atoms with E-state index < -0.39 is 5.82 Å². The van der Waals surface area contributed by atoms with Gasteiger partial charge in [0.25, 0.3) is 0 Å². The minimum Gasteiger partial charge on any atom is -0.493 e. The summed E-state index contributed by atoms with van der Waals surface area (Å²) in [5, 5.41) is 0.544. The third-order valence-electron chi connectivity index (χ3n) is 7.88. The van der Waals surface area contributed by atoms with Crippen LogP contribution in [0.25, 0.3) is 17.0 Å². The summed E-state index contributed by atoms with van der Waals surface area (Å²) in [5.74, 6) is 1.24. The van der Waals surface area contributed by atoms with Crippen molar-refractivity contribution >= 4 is 28.6 Å². The van der Waals surface area contributed by atoms with Gasteiger partial charge in [-0.05, 0) is 12.1 Å². The number of carbonyl (C=O) groups is 1. The third kappa shape index (κ3) is 4.04. The molecular weight excluding hydrogens is 491 g/mol. The molecule has 0 aliphatic carbocycles. The van der Waals surface area contributed by atoms with E-state index in [9.17, 15) is 4.79 Å². The number of carbonyl (C=O) groups excluding carboxylic acids is 1. The van der Waals surface area contributed by atoms with Gasteiger partial charge in [-0.1, -0.05) is 0 Å². The second-order valence-electron chi connectivity index (χ2n) is 10.4. The van der Waals surface area contributed by atoms with Crippen LogP contribution in [0.15, 0.2) is 36.3 Å². The van der Waals surface area contributed by atoms with Gasteiger partial charge in [-0.15, -0.1) is 0 Å². The number of likely N-dealkylation sites (tertiary alicyclic amines) is 1. The van der Waals surface area contributed by atoms with Crippen LogP contribution in [-0.4, -0.2) is 74.4 Å². The largest absolute Gasteiger partial charge is 0.493 e. The molecule has 10 heteroatoms. The minimum atomic E-state index is -0.438. The summed E-state index contributed by atoms with van der Waals surface area (Å²) in [5.41, 5.74) is 2.96. The van der Waals surface area contributed by atoms with Crippen molar-refractivity contribution in [3.05, 3.63) is 47.7 Å². The van der Waals surface area contributed by atoms with Crippen molar-refractivity contribution in [3.8, 4) is 23.1 Å². The van der Waals surface area contributed by atoms with E-state index in [1.807, 2.05) is 38.1 Å². The number of rotatable bonds is 7. The van der Waals surface area contributed by atoms with Gasteiger partial charge in [-0.25, -0.2) is 14.4 Å². The smallest absolute Gasteiger partial charge is 0.230 e. The number of hydrogen-bond donors (Lipinski definition) is 0. The van der Waals surface area contributed by atoms with Crippen LogP contribution < -0.4 is 18.7 Å². The highest BCUT2D eigenvalue weighted by Gasteiger charge is 2.42. The zero-order valence-electron chi connectivity index (χ0n) is 21.9. The zero-order valence-corrected chi connectivity index (χ0v) is 21.9. The van der Waals surface area contributed by atoms with E-state index >= 15 is 4.39 Å². The molecule has 0 radical (unpaired) electrons. The first-order chi connectivity index (χ1) is 18.3. The van der Waals surface area contributed by atoms with Gasteiger partial charge in [0.05, 0.1) is 63.4 Å². The zero-order chi connectivity index (χ0) is 26.6. The molecule has 2 saturated heterocycles. The molecule has 38 heavy (non-hydrogen) atoms. The van der Waals surface area contributed by atoms with E-state index in [0.717, 1.165) is 24.5 Å². The molecule has 2 atom stereocenters. The fraction of sp³-hybridized carbons (Fsp3) is 0.393. The standard InChI is InChI=1S/C28H30FN4O5/c1-16-9-19-21(33(16,2)3)5-6-22(27(19)29)38-28-18-10-23(35-4)24(11-20(18)30-15-31-28)36-8-7-26(34)32-12-17-14-37-25(17)13-32/h5-6,9-11,15,17,25H,7-8,12-14H2,1-4H3/q+1. The number of hydrogen-bond acceptors (Lipinski definition) is 7. The number of ether oxygens (including phenoxy) is 4. The van der Waals surface area contributed by atoms with Gasteiger partial charge < -0.3 is 23.8 Å². The molecule has 0 N–H and O–H groups in total. The van der Waals surface area contributed by atoms with Crippen molar-refractivity contribution in [2.45, 2.75) is 19.4 Å².